The Hall–Kier alpha value is -2.21. The van der Waals surface area contributed by atoms with E-state index in [1.165, 1.54) is 24.3 Å². The Morgan fingerprint density at radius 3 is 2.59 bits per heavy atom. The fraction of sp³-hybridized carbons (Fsp3) is 0.375. The molecule has 0 saturated heterocycles. The normalized spacial score (nSPS) is 13.9. The summed E-state index contributed by atoms with van der Waals surface area (Å²) in [5, 5.41) is 17.2. The van der Waals surface area contributed by atoms with Gasteiger partial charge in [-0.05, 0) is 44.5 Å². The molecule has 2 aromatic rings. The van der Waals surface area contributed by atoms with Crippen LogP contribution in [0.15, 0.2) is 36.5 Å². The van der Waals surface area contributed by atoms with Gasteiger partial charge in [0.25, 0.3) is 5.91 Å². The molecule has 0 bridgehead atoms. The zero-order valence-corrected chi connectivity index (χ0v) is 12.9. The Morgan fingerprint density at radius 2 is 2.00 bits per heavy atom. The Bertz CT molecular complexity index is 648. The van der Waals surface area contributed by atoms with Crippen molar-refractivity contribution in [1.29, 1.82) is 0 Å². The largest absolute Gasteiger partial charge is 0.384 e. The first kappa shape index (κ1) is 16.2. The predicted octanol–water partition coefficient (Wildman–Crippen LogP) is 2.24. The molecule has 0 radical (unpaired) electrons. The number of rotatable bonds is 5. The van der Waals surface area contributed by atoms with Crippen molar-refractivity contribution in [3.8, 4) is 0 Å². The third-order valence-electron chi connectivity index (χ3n) is 3.45. The van der Waals surface area contributed by atoms with Gasteiger partial charge in [-0.2, -0.15) is 5.10 Å². The van der Waals surface area contributed by atoms with E-state index in [4.69, 9.17) is 0 Å². The first-order valence-corrected chi connectivity index (χ1v) is 7.11. The van der Waals surface area contributed by atoms with Crippen LogP contribution in [0.25, 0.3) is 0 Å². The van der Waals surface area contributed by atoms with E-state index >= 15 is 0 Å². The number of carbonyl (C=O) groups is 1. The molecule has 0 spiro atoms. The minimum atomic E-state index is -1.29. The van der Waals surface area contributed by atoms with Gasteiger partial charge in [0.2, 0.25) is 0 Å². The zero-order valence-electron chi connectivity index (χ0n) is 12.9. The van der Waals surface area contributed by atoms with Crippen LogP contribution in [0.4, 0.5) is 4.39 Å². The van der Waals surface area contributed by atoms with Crippen molar-refractivity contribution >= 4 is 5.91 Å². The third-order valence-corrected chi connectivity index (χ3v) is 3.45. The molecule has 1 amide bonds. The molecule has 0 aliphatic rings. The maximum atomic E-state index is 12.9. The molecule has 0 aliphatic heterocycles. The number of hydrogen-bond acceptors (Lipinski definition) is 3. The van der Waals surface area contributed by atoms with Gasteiger partial charge in [-0.1, -0.05) is 12.1 Å². The summed E-state index contributed by atoms with van der Waals surface area (Å²) in [5.74, 6) is -0.682. The molecule has 1 aromatic carbocycles. The molecule has 2 rings (SSSR count). The number of carbonyl (C=O) groups excluding carboxylic acids is 1. The van der Waals surface area contributed by atoms with Gasteiger partial charge in [-0.3, -0.25) is 9.48 Å². The molecule has 1 aromatic heterocycles. The summed E-state index contributed by atoms with van der Waals surface area (Å²) in [4.78, 5) is 12.2. The van der Waals surface area contributed by atoms with E-state index in [1.807, 2.05) is 13.8 Å². The number of halogens is 1. The van der Waals surface area contributed by atoms with Crippen molar-refractivity contribution in [3.05, 3.63) is 53.6 Å². The lowest BCUT2D eigenvalue weighted by Crippen LogP contribution is -2.39. The standard InChI is InChI=1S/C16H20FN3O2/c1-11(2)20-14(8-9-19-20)15(21)18-10-16(3,22)12-4-6-13(17)7-5-12/h4-9,11,22H,10H2,1-3H3,(H,18,21). The number of nitrogens with one attached hydrogen (secondary N) is 1. The lowest BCUT2D eigenvalue weighted by molar-refractivity contribution is 0.0522. The quantitative estimate of drug-likeness (QED) is 0.890. The second-order valence-corrected chi connectivity index (χ2v) is 5.72. The number of aliphatic hydroxyl groups is 1. The first-order valence-electron chi connectivity index (χ1n) is 7.11. The fourth-order valence-corrected chi connectivity index (χ4v) is 2.16. The lowest BCUT2D eigenvalue weighted by atomic mass is 9.96. The molecule has 0 aliphatic carbocycles. The number of hydrogen-bond donors (Lipinski definition) is 2. The Labute approximate surface area is 128 Å². The maximum Gasteiger partial charge on any atom is 0.269 e. The lowest BCUT2D eigenvalue weighted by Gasteiger charge is -2.24. The van der Waals surface area contributed by atoms with Crippen LogP contribution >= 0.6 is 0 Å². The Balaban J connectivity index is 2.06. The minimum Gasteiger partial charge on any atom is -0.384 e. The average molecular weight is 305 g/mol. The van der Waals surface area contributed by atoms with Gasteiger partial charge < -0.3 is 10.4 Å². The summed E-state index contributed by atoms with van der Waals surface area (Å²) < 4.78 is 14.5. The number of aromatic nitrogens is 2. The Morgan fingerprint density at radius 1 is 1.36 bits per heavy atom. The van der Waals surface area contributed by atoms with Gasteiger partial charge >= 0.3 is 0 Å². The summed E-state index contributed by atoms with van der Waals surface area (Å²) >= 11 is 0. The molecule has 6 heteroatoms. The van der Waals surface area contributed by atoms with Crippen molar-refractivity contribution in [3.63, 3.8) is 0 Å². The van der Waals surface area contributed by atoms with Crippen LogP contribution in [0.3, 0.4) is 0 Å². The van der Waals surface area contributed by atoms with Gasteiger partial charge in [-0.15, -0.1) is 0 Å². The highest BCUT2D eigenvalue weighted by atomic mass is 19.1. The molecule has 1 atom stereocenters. The van der Waals surface area contributed by atoms with Crippen LogP contribution in [-0.4, -0.2) is 27.3 Å². The fourth-order valence-electron chi connectivity index (χ4n) is 2.16. The summed E-state index contributed by atoms with van der Waals surface area (Å²) in [6.07, 6.45) is 1.56. The van der Waals surface area contributed by atoms with Crippen molar-refractivity contribution < 1.29 is 14.3 Å². The summed E-state index contributed by atoms with van der Waals surface area (Å²) in [6, 6.07) is 7.24. The van der Waals surface area contributed by atoms with E-state index in [9.17, 15) is 14.3 Å². The summed E-state index contributed by atoms with van der Waals surface area (Å²) in [6.45, 7) is 5.44. The van der Waals surface area contributed by atoms with E-state index in [2.05, 4.69) is 10.4 Å². The molecule has 0 saturated carbocycles. The summed E-state index contributed by atoms with van der Waals surface area (Å²) in [7, 11) is 0. The van der Waals surface area contributed by atoms with Crippen LogP contribution in [0.5, 0.6) is 0 Å². The molecule has 1 heterocycles. The maximum absolute atomic E-state index is 12.9. The van der Waals surface area contributed by atoms with Gasteiger partial charge in [-0.25, -0.2) is 4.39 Å². The van der Waals surface area contributed by atoms with E-state index < -0.39 is 5.60 Å². The molecule has 5 nitrogen and oxygen atoms in total. The highest BCUT2D eigenvalue weighted by molar-refractivity contribution is 5.92. The van der Waals surface area contributed by atoms with Crippen LogP contribution in [-0.2, 0) is 5.60 Å². The third kappa shape index (κ3) is 3.51. The van der Waals surface area contributed by atoms with E-state index in [0.29, 0.717) is 11.3 Å². The smallest absolute Gasteiger partial charge is 0.269 e. The highest BCUT2D eigenvalue weighted by Gasteiger charge is 2.25. The van der Waals surface area contributed by atoms with Crippen LogP contribution < -0.4 is 5.32 Å². The summed E-state index contributed by atoms with van der Waals surface area (Å²) in [5.41, 5.74) is -0.317. The van der Waals surface area contributed by atoms with Crippen molar-refractivity contribution in [1.82, 2.24) is 15.1 Å². The predicted molar refractivity (Wildman–Crippen MR) is 80.9 cm³/mol. The Kier molecular flexibility index (Phi) is 4.61. The first-order chi connectivity index (χ1) is 10.3. The second kappa shape index (κ2) is 6.27. The molecule has 1 unspecified atom stereocenters. The molecule has 118 valence electrons. The van der Waals surface area contributed by atoms with Gasteiger partial charge in [0.05, 0.1) is 6.54 Å². The van der Waals surface area contributed by atoms with Crippen molar-refractivity contribution in [2.24, 2.45) is 0 Å². The molecular formula is C16H20FN3O2. The van der Waals surface area contributed by atoms with E-state index in [1.54, 1.807) is 23.9 Å². The molecule has 0 fully saturated rings. The van der Waals surface area contributed by atoms with Crippen molar-refractivity contribution in [2.45, 2.75) is 32.4 Å². The van der Waals surface area contributed by atoms with Crippen LogP contribution in [0.2, 0.25) is 0 Å². The van der Waals surface area contributed by atoms with Crippen LogP contribution in [0.1, 0.15) is 42.9 Å². The number of amides is 1. The molecular weight excluding hydrogens is 285 g/mol. The van der Waals surface area contributed by atoms with Gasteiger partial charge in [0.15, 0.2) is 0 Å². The second-order valence-electron chi connectivity index (χ2n) is 5.72. The van der Waals surface area contributed by atoms with Crippen LogP contribution in [0, 0.1) is 5.82 Å². The SMILES string of the molecule is CC(C)n1nccc1C(=O)NCC(C)(O)c1ccc(F)cc1. The van der Waals surface area contributed by atoms with Crippen molar-refractivity contribution in [2.75, 3.05) is 6.54 Å². The van der Waals surface area contributed by atoms with E-state index in [0.717, 1.165) is 0 Å². The number of nitrogens with zero attached hydrogens (tertiary/aromatic N) is 2. The minimum absolute atomic E-state index is 0.0146. The topological polar surface area (TPSA) is 67.2 Å². The van der Waals surface area contributed by atoms with Gasteiger partial charge in [0.1, 0.15) is 17.1 Å². The highest BCUT2D eigenvalue weighted by Crippen LogP contribution is 2.20. The number of benzene rings is 1. The molecule has 22 heavy (non-hydrogen) atoms. The van der Waals surface area contributed by atoms with Gasteiger partial charge in [0, 0.05) is 12.2 Å². The van der Waals surface area contributed by atoms with E-state index in [-0.39, 0.29) is 24.3 Å². The monoisotopic (exact) mass is 305 g/mol. The average Bonchev–Trinajstić information content (AvgIpc) is 2.95. The molecule has 2 N–H and O–H groups in total. The zero-order chi connectivity index (χ0) is 16.3.